The van der Waals surface area contributed by atoms with Gasteiger partial charge in [-0.05, 0) is 64.0 Å². The Labute approximate surface area is 180 Å². The third-order valence-corrected chi connectivity index (χ3v) is 6.48. The zero-order valence-electron chi connectivity index (χ0n) is 15.1. The molecule has 0 atom stereocenters. The fourth-order valence-corrected chi connectivity index (χ4v) is 4.65. The van der Waals surface area contributed by atoms with Crippen molar-refractivity contribution in [3.63, 3.8) is 0 Å². The van der Waals surface area contributed by atoms with Gasteiger partial charge in [0, 0.05) is 23.3 Å². The summed E-state index contributed by atoms with van der Waals surface area (Å²) in [6.45, 7) is 0. The summed E-state index contributed by atoms with van der Waals surface area (Å²) in [5, 5.41) is 4.65. The number of aromatic nitrogens is 1. The molecule has 0 saturated carbocycles. The Balaban J connectivity index is 1.63. The van der Waals surface area contributed by atoms with Crippen LogP contribution < -0.4 is 14.8 Å². The van der Waals surface area contributed by atoms with Crippen molar-refractivity contribution in [3.05, 3.63) is 70.2 Å². The van der Waals surface area contributed by atoms with Crippen molar-refractivity contribution < 1.29 is 17.9 Å². The van der Waals surface area contributed by atoms with Gasteiger partial charge in [0.1, 0.15) is 5.75 Å². The summed E-state index contributed by atoms with van der Waals surface area (Å²) in [7, 11) is -2.15. The molecule has 0 aliphatic rings. The molecule has 29 heavy (non-hydrogen) atoms. The Kier molecular flexibility index (Phi) is 6.68. The quantitative estimate of drug-likeness (QED) is 0.476. The molecule has 0 spiro atoms. The molecule has 0 fully saturated rings. The van der Waals surface area contributed by atoms with Gasteiger partial charge in [-0.15, -0.1) is 11.3 Å². The smallest absolute Gasteiger partial charge is 0.263 e. The number of amides is 1. The van der Waals surface area contributed by atoms with Crippen molar-refractivity contribution in [1.29, 1.82) is 0 Å². The number of methoxy groups -OCH3 is 1. The van der Waals surface area contributed by atoms with Crippen LogP contribution in [0, 0.1) is 0 Å². The number of nitrogens with one attached hydrogen (secondary N) is 2. The number of carbonyl (C=O) groups excluding carboxylic acids is 1. The molecule has 0 radical (unpaired) electrons. The number of ether oxygens (including phenoxy) is 1. The molecule has 150 valence electrons. The molecule has 10 heteroatoms. The van der Waals surface area contributed by atoms with Gasteiger partial charge < -0.3 is 10.1 Å². The summed E-state index contributed by atoms with van der Waals surface area (Å²) in [5.41, 5.74) is 1.30. The number of hydrogen-bond donors (Lipinski definition) is 2. The van der Waals surface area contributed by atoms with Crippen LogP contribution in [-0.2, 0) is 14.8 Å². The predicted octanol–water partition coefficient (Wildman–Crippen LogP) is 4.37. The normalized spacial score (nSPS) is 11.4. The van der Waals surface area contributed by atoms with E-state index in [2.05, 4.69) is 31.0 Å². The Morgan fingerprint density at radius 1 is 1.21 bits per heavy atom. The highest BCUT2D eigenvalue weighted by molar-refractivity contribution is 9.10. The first-order valence-electron chi connectivity index (χ1n) is 8.22. The number of nitrogens with zero attached hydrogens (tertiary/aromatic N) is 1. The van der Waals surface area contributed by atoms with E-state index in [-0.39, 0.29) is 15.9 Å². The fourth-order valence-electron chi connectivity index (χ4n) is 2.31. The number of thiazole rings is 1. The van der Waals surface area contributed by atoms with Crippen LogP contribution in [0.1, 0.15) is 5.56 Å². The molecule has 1 heterocycles. The predicted molar refractivity (Wildman–Crippen MR) is 118 cm³/mol. The van der Waals surface area contributed by atoms with E-state index in [4.69, 9.17) is 4.74 Å². The summed E-state index contributed by atoms with van der Waals surface area (Å²) < 4.78 is 33.0. The molecule has 0 aliphatic heterocycles. The second kappa shape index (κ2) is 9.21. The van der Waals surface area contributed by atoms with Crippen molar-refractivity contribution in [2.75, 3.05) is 17.1 Å². The van der Waals surface area contributed by atoms with Crippen molar-refractivity contribution in [3.8, 4) is 5.75 Å². The van der Waals surface area contributed by atoms with E-state index >= 15 is 0 Å². The van der Waals surface area contributed by atoms with Gasteiger partial charge in [0.2, 0.25) is 5.91 Å². The molecule has 1 amide bonds. The minimum absolute atomic E-state index is 0.0734. The molecule has 0 saturated heterocycles. The zero-order chi connectivity index (χ0) is 20.9. The van der Waals surface area contributed by atoms with E-state index in [1.807, 2.05) is 12.1 Å². The van der Waals surface area contributed by atoms with E-state index in [9.17, 15) is 13.2 Å². The van der Waals surface area contributed by atoms with Crippen LogP contribution in [-0.4, -0.2) is 26.4 Å². The maximum Gasteiger partial charge on any atom is 0.263 e. The van der Waals surface area contributed by atoms with Gasteiger partial charge in [0.25, 0.3) is 10.0 Å². The first-order valence-corrected chi connectivity index (χ1v) is 11.4. The minimum atomic E-state index is -3.73. The van der Waals surface area contributed by atoms with Gasteiger partial charge in [-0.25, -0.2) is 13.4 Å². The van der Waals surface area contributed by atoms with E-state index < -0.39 is 10.0 Å². The number of hydrogen-bond acceptors (Lipinski definition) is 6. The molecule has 3 rings (SSSR count). The molecule has 7 nitrogen and oxygen atoms in total. The van der Waals surface area contributed by atoms with Gasteiger partial charge in [0.15, 0.2) is 5.13 Å². The highest BCUT2D eigenvalue weighted by Gasteiger charge is 2.15. The molecule has 2 N–H and O–H groups in total. The maximum absolute atomic E-state index is 12.3. The fraction of sp³-hybridized carbons (Fsp3) is 0.0526. The van der Waals surface area contributed by atoms with Crippen molar-refractivity contribution >= 4 is 60.1 Å². The lowest BCUT2D eigenvalue weighted by atomic mass is 10.2. The number of halogens is 1. The van der Waals surface area contributed by atoms with Gasteiger partial charge in [0.05, 0.1) is 16.5 Å². The van der Waals surface area contributed by atoms with E-state index in [1.54, 1.807) is 24.6 Å². The standard InChI is InChI=1S/C19H16BrN3O4S2/c1-27-17-8-2-13(12-16(17)20)3-9-18(24)22-14-4-6-15(7-5-14)29(25,26)23-19-21-10-11-28-19/h2-12H,1H3,(H,21,23)(H,22,24). The second-order valence-electron chi connectivity index (χ2n) is 5.68. The van der Waals surface area contributed by atoms with Crippen molar-refractivity contribution in [1.82, 2.24) is 4.98 Å². The van der Waals surface area contributed by atoms with Gasteiger partial charge >= 0.3 is 0 Å². The molecule has 0 unspecified atom stereocenters. The zero-order valence-corrected chi connectivity index (χ0v) is 18.3. The van der Waals surface area contributed by atoms with Crippen molar-refractivity contribution in [2.24, 2.45) is 0 Å². The topological polar surface area (TPSA) is 97.4 Å². The monoisotopic (exact) mass is 493 g/mol. The molecule has 0 aliphatic carbocycles. The van der Waals surface area contributed by atoms with Crippen molar-refractivity contribution in [2.45, 2.75) is 4.90 Å². The average molecular weight is 494 g/mol. The maximum atomic E-state index is 12.3. The summed E-state index contributed by atoms with van der Waals surface area (Å²) in [5.74, 6) is 0.361. The molecule has 2 aromatic carbocycles. The van der Waals surface area contributed by atoms with Crippen LogP contribution >= 0.6 is 27.3 Å². The second-order valence-corrected chi connectivity index (χ2v) is 9.12. The summed E-state index contributed by atoms with van der Waals surface area (Å²) in [6.07, 6.45) is 4.57. The highest BCUT2D eigenvalue weighted by atomic mass is 79.9. The Bertz CT molecular complexity index is 1130. The van der Waals surface area contributed by atoms with E-state index in [1.165, 1.54) is 47.9 Å². The van der Waals surface area contributed by atoms with Crippen LogP contribution in [0.2, 0.25) is 0 Å². The first kappa shape index (κ1) is 21.0. The lowest BCUT2D eigenvalue weighted by molar-refractivity contribution is -0.111. The van der Waals surface area contributed by atoms with Crippen LogP contribution in [0.4, 0.5) is 10.8 Å². The number of anilines is 2. The summed E-state index contributed by atoms with van der Waals surface area (Å²) in [6, 6.07) is 11.3. The lowest BCUT2D eigenvalue weighted by Gasteiger charge is -2.07. The number of benzene rings is 2. The highest BCUT2D eigenvalue weighted by Crippen LogP contribution is 2.26. The Hall–Kier alpha value is -2.69. The van der Waals surface area contributed by atoms with Gasteiger partial charge in [-0.1, -0.05) is 6.07 Å². The number of carbonyl (C=O) groups is 1. The third kappa shape index (κ3) is 5.66. The largest absolute Gasteiger partial charge is 0.496 e. The van der Waals surface area contributed by atoms with Crippen LogP contribution in [0.25, 0.3) is 6.08 Å². The molecule has 1 aromatic heterocycles. The third-order valence-electron chi connectivity index (χ3n) is 3.69. The minimum Gasteiger partial charge on any atom is -0.496 e. The van der Waals surface area contributed by atoms with Gasteiger partial charge in [-0.3, -0.25) is 9.52 Å². The lowest BCUT2D eigenvalue weighted by Crippen LogP contribution is -2.13. The molecule has 0 bridgehead atoms. The summed E-state index contributed by atoms with van der Waals surface area (Å²) in [4.78, 5) is 16.1. The molecular weight excluding hydrogens is 478 g/mol. The van der Waals surface area contributed by atoms with E-state index in [0.29, 0.717) is 11.4 Å². The van der Waals surface area contributed by atoms with E-state index in [0.717, 1.165) is 10.0 Å². The Morgan fingerprint density at radius 3 is 2.59 bits per heavy atom. The Morgan fingerprint density at radius 2 is 1.97 bits per heavy atom. The molecular formula is C19H16BrN3O4S2. The summed E-state index contributed by atoms with van der Waals surface area (Å²) >= 11 is 4.58. The van der Waals surface area contributed by atoms with Gasteiger partial charge in [-0.2, -0.15) is 0 Å². The van der Waals surface area contributed by atoms with Crippen LogP contribution in [0.15, 0.2) is 69.5 Å². The van der Waals surface area contributed by atoms with Crippen LogP contribution in [0.3, 0.4) is 0 Å². The number of sulfonamides is 1. The SMILES string of the molecule is COc1ccc(C=CC(=O)Nc2ccc(S(=O)(=O)Nc3nccs3)cc2)cc1Br. The average Bonchev–Trinajstić information content (AvgIpc) is 3.19. The molecule has 3 aromatic rings. The first-order chi connectivity index (χ1) is 13.9. The number of rotatable bonds is 7. The van der Waals surface area contributed by atoms with Crippen LogP contribution in [0.5, 0.6) is 5.75 Å².